The summed E-state index contributed by atoms with van der Waals surface area (Å²) in [6.45, 7) is 4.26. The first-order valence-corrected chi connectivity index (χ1v) is 7.19. The molecule has 22 heavy (non-hydrogen) atoms. The normalized spacial score (nSPS) is 11.1. The van der Waals surface area contributed by atoms with Gasteiger partial charge in [-0.2, -0.15) is 0 Å². The van der Waals surface area contributed by atoms with Gasteiger partial charge in [0, 0.05) is 11.6 Å². The van der Waals surface area contributed by atoms with Crippen LogP contribution in [0.15, 0.2) is 36.8 Å². The average molecular weight is 297 g/mol. The Labute approximate surface area is 129 Å². The van der Waals surface area contributed by atoms with E-state index in [1.807, 2.05) is 36.8 Å². The molecule has 5 heteroatoms. The molecule has 1 aromatic carbocycles. The number of pyridine rings is 1. The van der Waals surface area contributed by atoms with E-state index in [0.717, 1.165) is 22.3 Å². The summed E-state index contributed by atoms with van der Waals surface area (Å²) in [5.41, 5.74) is 3.81. The zero-order chi connectivity index (χ0) is 15.7. The Morgan fingerprint density at radius 3 is 2.45 bits per heavy atom. The second kappa shape index (κ2) is 5.67. The van der Waals surface area contributed by atoms with Crippen molar-refractivity contribution in [3.05, 3.63) is 36.8 Å². The molecule has 0 N–H and O–H groups in total. The summed E-state index contributed by atoms with van der Waals surface area (Å²) in [4.78, 5) is 9.04. The van der Waals surface area contributed by atoms with Crippen LogP contribution in [0.4, 0.5) is 0 Å². The van der Waals surface area contributed by atoms with E-state index < -0.39 is 0 Å². The molecule has 0 spiro atoms. The molecule has 0 aliphatic rings. The predicted molar refractivity (Wildman–Crippen MR) is 86.5 cm³/mol. The maximum Gasteiger partial charge on any atom is 0.161 e. The summed E-state index contributed by atoms with van der Waals surface area (Å²) in [5, 5.41) is 0. The van der Waals surface area contributed by atoms with E-state index in [-0.39, 0.29) is 0 Å². The fourth-order valence-corrected chi connectivity index (χ4v) is 2.49. The minimum atomic E-state index is 0.360. The minimum Gasteiger partial charge on any atom is -0.493 e. The van der Waals surface area contributed by atoms with Gasteiger partial charge in [-0.05, 0) is 38.1 Å². The van der Waals surface area contributed by atoms with Gasteiger partial charge in [0.05, 0.1) is 43.5 Å². The van der Waals surface area contributed by atoms with E-state index in [9.17, 15) is 0 Å². The third-order valence-electron chi connectivity index (χ3n) is 3.70. The van der Waals surface area contributed by atoms with Gasteiger partial charge in [0.1, 0.15) is 0 Å². The highest BCUT2D eigenvalue weighted by molar-refractivity contribution is 5.80. The molecule has 0 aliphatic heterocycles. The van der Waals surface area contributed by atoms with Crippen LogP contribution in [0.1, 0.15) is 19.9 Å². The molecule has 0 amide bonds. The van der Waals surface area contributed by atoms with E-state index in [2.05, 4.69) is 28.4 Å². The number of ether oxygens (including phenoxy) is 2. The molecule has 0 radical (unpaired) electrons. The minimum absolute atomic E-state index is 0.360. The Morgan fingerprint density at radius 2 is 1.77 bits per heavy atom. The van der Waals surface area contributed by atoms with Crippen LogP contribution in [-0.4, -0.2) is 28.8 Å². The number of aromatic nitrogens is 3. The van der Waals surface area contributed by atoms with Crippen LogP contribution in [0.2, 0.25) is 0 Å². The van der Waals surface area contributed by atoms with E-state index >= 15 is 0 Å². The van der Waals surface area contributed by atoms with Gasteiger partial charge < -0.3 is 14.0 Å². The van der Waals surface area contributed by atoms with Gasteiger partial charge in [-0.15, -0.1) is 0 Å². The first-order valence-electron chi connectivity index (χ1n) is 7.19. The lowest BCUT2D eigenvalue weighted by Crippen LogP contribution is -1.98. The smallest absolute Gasteiger partial charge is 0.161 e. The lowest BCUT2D eigenvalue weighted by Gasteiger charge is -2.10. The summed E-state index contributed by atoms with van der Waals surface area (Å²) in [5.74, 6) is 1.39. The SMILES string of the molecule is COc1ccc(-c2cc3ncn(C(C)C)c3cn2)cc1OC. The number of nitrogens with zero attached hydrogens (tertiary/aromatic N) is 3. The molecular formula is C17H19N3O2. The van der Waals surface area contributed by atoms with E-state index in [1.54, 1.807) is 14.2 Å². The highest BCUT2D eigenvalue weighted by atomic mass is 16.5. The average Bonchev–Trinajstić information content (AvgIpc) is 2.97. The molecule has 0 fully saturated rings. The van der Waals surface area contributed by atoms with Gasteiger partial charge in [0.2, 0.25) is 0 Å². The Kier molecular flexibility index (Phi) is 3.71. The Bertz CT molecular complexity index is 809. The lowest BCUT2D eigenvalue weighted by molar-refractivity contribution is 0.355. The number of benzene rings is 1. The van der Waals surface area contributed by atoms with Gasteiger partial charge in [-0.1, -0.05) is 0 Å². The first-order chi connectivity index (χ1) is 10.6. The Hall–Kier alpha value is -2.56. The van der Waals surface area contributed by atoms with Crippen LogP contribution >= 0.6 is 0 Å². The van der Waals surface area contributed by atoms with E-state index in [1.165, 1.54) is 0 Å². The summed E-state index contributed by atoms with van der Waals surface area (Å²) in [7, 11) is 3.25. The van der Waals surface area contributed by atoms with Gasteiger partial charge >= 0.3 is 0 Å². The van der Waals surface area contributed by atoms with Crippen molar-refractivity contribution in [2.24, 2.45) is 0 Å². The molecule has 0 bridgehead atoms. The van der Waals surface area contributed by atoms with Crippen LogP contribution in [0, 0.1) is 0 Å². The van der Waals surface area contributed by atoms with Crippen LogP contribution < -0.4 is 9.47 Å². The number of imidazole rings is 1. The van der Waals surface area contributed by atoms with Crippen LogP contribution in [0.25, 0.3) is 22.3 Å². The zero-order valence-electron chi connectivity index (χ0n) is 13.2. The number of hydrogen-bond donors (Lipinski definition) is 0. The number of fused-ring (bicyclic) bond motifs is 1. The van der Waals surface area contributed by atoms with E-state index in [4.69, 9.17) is 9.47 Å². The largest absolute Gasteiger partial charge is 0.493 e. The highest BCUT2D eigenvalue weighted by Gasteiger charge is 2.10. The van der Waals surface area contributed by atoms with Gasteiger partial charge in [-0.3, -0.25) is 4.98 Å². The molecule has 3 aromatic rings. The van der Waals surface area contributed by atoms with Crippen molar-refractivity contribution in [3.8, 4) is 22.8 Å². The van der Waals surface area contributed by atoms with Crippen molar-refractivity contribution < 1.29 is 9.47 Å². The standard InChI is InChI=1S/C17H19N3O2/c1-11(2)20-10-19-14-8-13(18-9-15(14)20)12-5-6-16(21-3)17(7-12)22-4/h5-11H,1-4H3. The monoisotopic (exact) mass is 297 g/mol. The van der Waals surface area contributed by atoms with E-state index in [0.29, 0.717) is 17.5 Å². The molecule has 3 rings (SSSR count). The molecule has 0 atom stereocenters. The maximum absolute atomic E-state index is 5.35. The van der Waals surface area contributed by atoms with Gasteiger partial charge in [0.15, 0.2) is 11.5 Å². The fourth-order valence-electron chi connectivity index (χ4n) is 2.49. The third kappa shape index (κ3) is 2.39. The van der Waals surface area contributed by atoms with Crippen molar-refractivity contribution >= 4 is 11.0 Å². The first kappa shape index (κ1) is 14.4. The molecule has 0 aliphatic carbocycles. The van der Waals surface area contributed by atoms with Gasteiger partial charge in [-0.25, -0.2) is 4.98 Å². The second-order valence-electron chi connectivity index (χ2n) is 5.37. The molecule has 0 saturated heterocycles. The summed E-state index contributed by atoms with van der Waals surface area (Å²) in [6, 6.07) is 8.13. The Morgan fingerprint density at radius 1 is 1.00 bits per heavy atom. The second-order valence-corrected chi connectivity index (χ2v) is 5.37. The molecule has 5 nitrogen and oxygen atoms in total. The number of rotatable bonds is 4. The quantitative estimate of drug-likeness (QED) is 0.737. The topological polar surface area (TPSA) is 49.2 Å². The van der Waals surface area contributed by atoms with Crippen LogP contribution in [0.5, 0.6) is 11.5 Å². The number of methoxy groups -OCH3 is 2. The summed E-state index contributed by atoms with van der Waals surface area (Å²) < 4.78 is 12.7. The molecule has 2 aromatic heterocycles. The predicted octanol–water partition coefficient (Wildman–Crippen LogP) is 3.70. The molecular weight excluding hydrogens is 278 g/mol. The van der Waals surface area contributed by atoms with Crippen molar-refractivity contribution in [2.75, 3.05) is 14.2 Å². The molecule has 2 heterocycles. The molecule has 114 valence electrons. The van der Waals surface area contributed by atoms with Crippen molar-refractivity contribution in [1.29, 1.82) is 0 Å². The number of hydrogen-bond acceptors (Lipinski definition) is 4. The van der Waals surface area contributed by atoms with Crippen LogP contribution in [-0.2, 0) is 0 Å². The highest BCUT2D eigenvalue weighted by Crippen LogP contribution is 2.32. The molecule has 0 saturated carbocycles. The van der Waals surface area contributed by atoms with Crippen molar-refractivity contribution in [3.63, 3.8) is 0 Å². The zero-order valence-corrected chi connectivity index (χ0v) is 13.2. The van der Waals surface area contributed by atoms with Gasteiger partial charge in [0.25, 0.3) is 0 Å². The Balaban J connectivity index is 2.07. The fraction of sp³-hybridized carbons (Fsp3) is 0.294. The van der Waals surface area contributed by atoms with Crippen LogP contribution in [0.3, 0.4) is 0 Å². The lowest BCUT2D eigenvalue weighted by atomic mass is 10.1. The van der Waals surface area contributed by atoms with Crippen molar-refractivity contribution in [2.45, 2.75) is 19.9 Å². The third-order valence-corrected chi connectivity index (χ3v) is 3.70. The molecule has 0 unspecified atom stereocenters. The summed E-state index contributed by atoms with van der Waals surface area (Å²) in [6.07, 6.45) is 3.73. The summed E-state index contributed by atoms with van der Waals surface area (Å²) >= 11 is 0. The van der Waals surface area contributed by atoms with Crippen molar-refractivity contribution in [1.82, 2.24) is 14.5 Å². The maximum atomic E-state index is 5.35.